The number of unbranched alkanes of at least 4 members (excludes halogenated alkanes) is 36. The van der Waals surface area contributed by atoms with Crippen LogP contribution in [0.1, 0.15) is 390 Å². The third-order valence-electron chi connectivity index (χ3n) is 21.0. The van der Waals surface area contributed by atoms with E-state index in [1.807, 2.05) is 0 Å². The molecule has 8 N–H and O–H groups in total. The maximum absolute atomic E-state index is 14.8. The molecular weight excluding hydrogens is 1420 g/mol. The second-order valence-electron chi connectivity index (χ2n) is 30.7. The highest BCUT2D eigenvalue weighted by atomic mass is 31.2. The zero-order valence-corrected chi connectivity index (χ0v) is 70.7. The summed E-state index contributed by atoms with van der Waals surface area (Å²) in [4.78, 5) is 106. The smallest absolute Gasteiger partial charge is 0.462 e. The van der Waals surface area contributed by atoms with E-state index >= 15 is 0 Å². The van der Waals surface area contributed by atoms with E-state index in [-0.39, 0.29) is 32.1 Å². The standard InChI is InChI=1S/C78H145N2O21P.C6H15N/c1-7-13-19-25-28-31-34-40-43-49-60(95-67(84)52-46-37-22-16-10-4)55-65(82)79-71-74(89)73(88)64(98-77(71)90)59-94-78-72(80-66(83)56-61(96-68(85)53-47-38-23-17-11-5)50-44-41-35-32-29-26-20-14-8-2)76(75(63(58-81)99-78)101-102(91,92)93)100-70(87)57-62(97-69(86)54-48-39-24-18-12-6)51-45-42-36-33-30-27-21-15-9-3;1-4-7(5-2)6-3/h60-64,71-78,81,88-90H,7-59H2,1-6H3,(H,79,82)(H,80,83)(H2,91,92,93);4-6H2,1-3H3/t60-,61-,62-,63?,64?,71?,72?,73?,74?,75?,76?,77?,78?;/m1./s1. The number of nitrogens with zero attached hydrogens (tertiary/aromatic N) is 1. The molecule has 0 aromatic carbocycles. The topological polar surface area (TPSA) is 342 Å². The minimum absolute atomic E-state index is 0.117. The van der Waals surface area contributed by atoms with Crippen molar-refractivity contribution < 1.29 is 101 Å². The summed E-state index contributed by atoms with van der Waals surface area (Å²) in [7, 11) is -5.56. The van der Waals surface area contributed by atoms with Gasteiger partial charge in [-0.3, -0.25) is 33.3 Å². The first-order valence-electron chi connectivity index (χ1n) is 44.0. The number of aliphatic hydroxyl groups is 4. The first-order chi connectivity index (χ1) is 52.6. The molecule has 0 aromatic rings. The Hall–Kier alpha value is -3.39. The van der Waals surface area contributed by atoms with Gasteiger partial charge in [-0.15, -0.1) is 0 Å². The molecule has 2 fully saturated rings. The molecule has 24 nitrogen and oxygen atoms in total. The fraction of sp³-hybridized carbons (Fsp3) is 0.929. The van der Waals surface area contributed by atoms with E-state index in [2.05, 4.69) is 77.8 Å². The van der Waals surface area contributed by atoms with Crippen molar-refractivity contribution in [2.75, 3.05) is 32.8 Å². The van der Waals surface area contributed by atoms with Crippen LogP contribution in [-0.2, 0) is 71.0 Å². The summed E-state index contributed by atoms with van der Waals surface area (Å²) in [6, 6.07) is -3.36. The molecule has 13 atom stereocenters. The lowest BCUT2D eigenvalue weighted by molar-refractivity contribution is -0.297. The predicted octanol–water partition coefficient (Wildman–Crippen LogP) is 16.6. The zero-order chi connectivity index (χ0) is 80.7. The van der Waals surface area contributed by atoms with Gasteiger partial charge in [0.25, 0.3) is 0 Å². The van der Waals surface area contributed by atoms with Crippen molar-refractivity contribution in [1.29, 1.82) is 0 Å². The van der Waals surface area contributed by atoms with Crippen LogP contribution in [0.3, 0.4) is 0 Å². The quantitative estimate of drug-likeness (QED) is 0.0121. The number of hydrogen-bond acceptors (Lipinski definition) is 20. The average molecular weight is 1580 g/mol. The van der Waals surface area contributed by atoms with E-state index in [9.17, 15) is 63.5 Å². The van der Waals surface area contributed by atoms with E-state index in [0.717, 1.165) is 180 Å². The first kappa shape index (κ1) is 104. The molecule has 0 saturated carbocycles. The molecule has 25 heteroatoms. The lowest BCUT2D eigenvalue weighted by Gasteiger charge is -2.46. The third kappa shape index (κ3) is 52.7. The molecule has 0 aromatic heterocycles. The normalized spacial score (nSPS) is 20.9. The number of aliphatic hydroxyl groups excluding tert-OH is 4. The highest BCUT2D eigenvalue weighted by Gasteiger charge is 2.53. The fourth-order valence-electron chi connectivity index (χ4n) is 14.2. The van der Waals surface area contributed by atoms with Crippen LogP contribution < -0.4 is 10.6 Å². The van der Waals surface area contributed by atoms with Gasteiger partial charge in [0, 0.05) is 19.3 Å². The van der Waals surface area contributed by atoms with E-state index < -0.39 is 149 Å². The fourth-order valence-corrected chi connectivity index (χ4v) is 14.7. The summed E-state index contributed by atoms with van der Waals surface area (Å²) in [6.45, 7) is 21.2. The number of phosphoric ester groups is 1. The van der Waals surface area contributed by atoms with Crippen molar-refractivity contribution in [1.82, 2.24) is 15.5 Å². The molecule has 2 amide bonds. The largest absolute Gasteiger partial charge is 0.470 e. The van der Waals surface area contributed by atoms with E-state index in [4.69, 9.17) is 37.7 Å². The van der Waals surface area contributed by atoms with Crippen LogP contribution in [-0.4, -0.2) is 183 Å². The number of carbonyl (C=O) groups is 6. The molecule has 0 aliphatic carbocycles. The van der Waals surface area contributed by atoms with Crippen molar-refractivity contribution in [3.05, 3.63) is 0 Å². The Morgan fingerprint density at radius 1 is 0.394 bits per heavy atom. The Labute approximate surface area is 659 Å². The van der Waals surface area contributed by atoms with Crippen LogP contribution in [0.2, 0.25) is 0 Å². The molecule has 2 heterocycles. The number of phosphoric acid groups is 1. The van der Waals surface area contributed by atoms with Crippen LogP contribution in [0.5, 0.6) is 0 Å². The Kier molecular flexibility index (Phi) is 64.5. The van der Waals surface area contributed by atoms with Crippen LogP contribution in [0.4, 0.5) is 0 Å². The van der Waals surface area contributed by atoms with Gasteiger partial charge in [0.1, 0.15) is 60.9 Å². The molecule has 0 spiro atoms. The van der Waals surface area contributed by atoms with Gasteiger partial charge in [-0.25, -0.2) is 4.57 Å². The number of esters is 4. The number of ether oxygens (including phenoxy) is 7. The molecule has 642 valence electrons. The summed E-state index contributed by atoms with van der Waals surface area (Å²) in [5.41, 5.74) is 0. The summed E-state index contributed by atoms with van der Waals surface area (Å²) in [5, 5.41) is 51.1. The Morgan fingerprint density at radius 3 is 1.04 bits per heavy atom. The highest BCUT2D eigenvalue weighted by molar-refractivity contribution is 7.46. The zero-order valence-electron chi connectivity index (χ0n) is 69.8. The van der Waals surface area contributed by atoms with E-state index in [0.29, 0.717) is 51.4 Å². The lowest BCUT2D eigenvalue weighted by atomic mass is 9.95. The number of rotatable bonds is 69. The second kappa shape index (κ2) is 67.9. The summed E-state index contributed by atoms with van der Waals surface area (Å²) in [5.74, 6) is -3.92. The van der Waals surface area contributed by atoms with E-state index in [1.54, 1.807) is 0 Å². The molecule has 0 radical (unpaired) electrons. The Morgan fingerprint density at radius 2 is 0.716 bits per heavy atom. The Balaban J connectivity index is 0.00000805. The van der Waals surface area contributed by atoms with Crippen LogP contribution in [0.15, 0.2) is 0 Å². The maximum Gasteiger partial charge on any atom is 0.470 e. The maximum atomic E-state index is 14.8. The van der Waals surface area contributed by atoms with Gasteiger partial charge in [-0.2, -0.15) is 0 Å². The number of carbonyl (C=O) groups excluding carboxylic acids is 6. The van der Waals surface area contributed by atoms with Gasteiger partial charge >= 0.3 is 31.7 Å². The summed E-state index contributed by atoms with van der Waals surface area (Å²) < 4.78 is 60.5. The number of nitrogens with one attached hydrogen (secondary N) is 2. The van der Waals surface area contributed by atoms with Gasteiger partial charge in [-0.1, -0.05) is 293 Å². The van der Waals surface area contributed by atoms with Crippen molar-refractivity contribution in [3.63, 3.8) is 0 Å². The predicted molar refractivity (Wildman–Crippen MR) is 428 cm³/mol. The third-order valence-corrected chi connectivity index (χ3v) is 21.5. The van der Waals surface area contributed by atoms with Gasteiger partial charge in [0.2, 0.25) is 11.8 Å². The van der Waals surface area contributed by atoms with Crippen LogP contribution in [0, 0.1) is 0 Å². The van der Waals surface area contributed by atoms with Crippen LogP contribution in [0.25, 0.3) is 0 Å². The molecular formula is C84H160N3O21P. The second-order valence-corrected chi connectivity index (χ2v) is 31.9. The molecule has 2 rings (SSSR count). The lowest BCUT2D eigenvalue weighted by Crippen LogP contribution is -2.67. The van der Waals surface area contributed by atoms with Gasteiger partial charge in [0.05, 0.1) is 32.5 Å². The van der Waals surface area contributed by atoms with E-state index in [1.165, 1.54) is 71.0 Å². The Bertz CT molecular complexity index is 2300. The van der Waals surface area contributed by atoms with Crippen molar-refractivity contribution >= 4 is 43.5 Å². The average Bonchev–Trinajstić information content (AvgIpc) is 0.780. The molecule has 2 saturated heterocycles. The van der Waals surface area contributed by atoms with Crippen molar-refractivity contribution in [2.45, 2.75) is 469 Å². The molecule has 109 heavy (non-hydrogen) atoms. The van der Waals surface area contributed by atoms with Gasteiger partial charge in [-0.05, 0) is 77.4 Å². The minimum Gasteiger partial charge on any atom is -0.462 e. The van der Waals surface area contributed by atoms with Crippen LogP contribution >= 0.6 is 7.82 Å². The summed E-state index contributed by atoms with van der Waals surface area (Å²) in [6.07, 6.45) is 23.8. The van der Waals surface area contributed by atoms with Crippen molar-refractivity contribution in [3.8, 4) is 0 Å². The SMILES string of the molecule is CCCCCCCCCCC[C@H](CC(=O)NC1C(O)OC(COC2OC(CO)C(OP(=O)(O)O)C(OC(=O)C[C@@H](CCCCCCCCCCC)OC(=O)CCCCCCC)C2NC(=O)C[C@@H](CCCCCCCCCCC)OC(=O)CCCCCCC)C(O)C1O)OC(=O)CCCCCCC.CCN(CC)CC. The monoisotopic (exact) mass is 1580 g/mol. The number of amides is 2. The highest BCUT2D eigenvalue weighted by Crippen LogP contribution is 2.43. The van der Waals surface area contributed by atoms with Gasteiger partial charge in [0.15, 0.2) is 18.7 Å². The molecule has 10 unspecified atom stereocenters. The van der Waals surface area contributed by atoms with Crippen molar-refractivity contribution in [2.24, 2.45) is 0 Å². The molecule has 2 aliphatic heterocycles. The van der Waals surface area contributed by atoms with Gasteiger partial charge < -0.3 is 78.9 Å². The summed E-state index contributed by atoms with van der Waals surface area (Å²) >= 11 is 0. The minimum atomic E-state index is -5.56. The number of hydrogen-bond donors (Lipinski definition) is 8. The molecule has 2 aliphatic rings. The molecule has 0 bridgehead atoms. The first-order valence-corrected chi connectivity index (χ1v) is 45.5.